The fraction of sp³-hybridized carbons (Fsp3) is 0.158. The minimum absolute atomic E-state index is 0.383. The predicted octanol–water partition coefficient (Wildman–Crippen LogP) is 5.69. The standard InChI is InChI=1S/C19H18ClN3OS/c1-11-6-4-5-7-17(11)22-14-8-9-15(16(20)10-14)18(23-24)19-21-12(2)13(3)25-19/h4-10,22,24H,1-3H3/b23-18-. The molecule has 0 saturated heterocycles. The summed E-state index contributed by atoms with van der Waals surface area (Å²) in [5.74, 6) is 0. The molecule has 0 saturated carbocycles. The van der Waals surface area contributed by atoms with Gasteiger partial charge in [0.25, 0.3) is 0 Å². The van der Waals surface area contributed by atoms with E-state index in [4.69, 9.17) is 11.6 Å². The number of anilines is 2. The summed E-state index contributed by atoms with van der Waals surface area (Å²) in [5, 5.41) is 17.4. The van der Waals surface area contributed by atoms with Gasteiger partial charge in [0.1, 0.15) is 10.7 Å². The van der Waals surface area contributed by atoms with Gasteiger partial charge in [0.15, 0.2) is 0 Å². The van der Waals surface area contributed by atoms with Gasteiger partial charge in [-0.3, -0.25) is 0 Å². The van der Waals surface area contributed by atoms with E-state index >= 15 is 0 Å². The zero-order valence-corrected chi connectivity index (χ0v) is 15.7. The Morgan fingerprint density at radius 3 is 2.52 bits per heavy atom. The highest BCUT2D eigenvalue weighted by Crippen LogP contribution is 2.28. The van der Waals surface area contributed by atoms with Crippen LogP contribution in [0.3, 0.4) is 0 Å². The van der Waals surface area contributed by atoms with Crippen molar-refractivity contribution in [1.29, 1.82) is 0 Å². The van der Waals surface area contributed by atoms with Gasteiger partial charge in [0.05, 0.1) is 10.7 Å². The molecule has 0 atom stereocenters. The Balaban J connectivity index is 1.92. The van der Waals surface area contributed by atoms with Crippen LogP contribution in [0.1, 0.15) is 26.7 Å². The van der Waals surface area contributed by atoms with Gasteiger partial charge >= 0.3 is 0 Å². The first-order valence-corrected chi connectivity index (χ1v) is 8.98. The second-order valence-electron chi connectivity index (χ2n) is 5.74. The van der Waals surface area contributed by atoms with E-state index in [1.807, 2.05) is 63.2 Å². The fourth-order valence-corrected chi connectivity index (χ4v) is 3.62. The molecular formula is C19H18ClN3OS. The molecule has 0 fully saturated rings. The van der Waals surface area contributed by atoms with Crippen LogP contribution in [0.25, 0.3) is 0 Å². The van der Waals surface area contributed by atoms with E-state index in [-0.39, 0.29) is 0 Å². The van der Waals surface area contributed by atoms with Crippen molar-refractivity contribution in [3.05, 3.63) is 74.2 Å². The molecule has 0 aliphatic heterocycles. The summed E-state index contributed by atoms with van der Waals surface area (Å²) < 4.78 is 0. The van der Waals surface area contributed by atoms with Gasteiger partial charge in [-0.15, -0.1) is 11.3 Å². The Labute approximate surface area is 155 Å². The summed E-state index contributed by atoms with van der Waals surface area (Å²) in [6.07, 6.45) is 0. The van der Waals surface area contributed by atoms with Crippen LogP contribution in [0, 0.1) is 20.8 Å². The first-order chi connectivity index (χ1) is 12.0. The fourth-order valence-electron chi connectivity index (χ4n) is 2.44. The molecule has 0 unspecified atom stereocenters. The first-order valence-electron chi connectivity index (χ1n) is 7.78. The van der Waals surface area contributed by atoms with E-state index in [0.717, 1.165) is 27.5 Å². The lowest BCUT2D eigenvalue weighted by molar-refractivity contribution is 0.319. The topological polar surface area (TPSA) is 57.5 Å². The molecule has 0 radical (unpaired) electrons. The van der Waals surface area contributed by atoms with Gasteiger partial charge in [-0.05, 0) is 50.6 Å². The molecule has 3 aromatic rings. The highest BCUT2D eigenvalue weighted by atomic mass is 35.5. The zero-order valence-electron chi connectivity index (χ0n) is 14.2. The first kappa shape index (κ1) is 17.5. The molecule has 0 aliphatic carbocycles. The van der Waals surface area contributed by atoms with Crippen molar-refractivity contribution in [3.8, 4) is 0 Å². The third kappa shape index (κ3) is 3.67. The van der Waals surface area contributed by atoms with Gasteiger partial charge in [0.2, 0.25) is 0 Å². The van der Waals surface area contributed by atoms with Crippen LogP contribution in [0.15, 0.2) is 47.6 Å². The van der Waals surface area contributed by atoms with E-state index in [0.29, 0.717) is 21.3 Å². The molecular weight excluding hydrogens is 354 g/mol. The molecule has 0 aliphatic rings. The van der Waals surface area contributed by atoms with Crippen molar-refractivity contribution in [2.45, 2.75) is 20.8 Å². The molecule has 0 bridgehead atoms. The van der Waals surface area contributed by atoms with E-state index in [1.165, 1.54) is 11.3 Å². The van der Waals surface area contributed by atoms with Crippen LogP contribution in [0.2, 0.25) is 5.02 Å². The number of nitrogens with one attached hydrogen (secondary N) is 1. The average Bonchev–Trinajstić information content (AvgIpc) is 2.91. The van der Waals surface area contributed by atoms with Gasteiger partial charge in [0, 0.05) is 21.8 Å². The van der Waals surface area contributed by atoms with Crippen molar-refractivity contribution in [1.82, 2.24) is 4.98 Å². The Kier molecular flexibility index (Phi) is 5.06. The monoisotopic (exact) mass is 371 g/mol. The number of benzene rings is 2. The lowest BCUT2D eigenvalue weighted by atomic mass is 10.1. The third-order valence-electron chi connectivity index (χ3n) is 3.98. The number of aromatic nitrogens is 1. The molecule has 4 nitrogen and oxygen atoms in total. The summed E-state index contributed by atoms with van der Waals surface area (Å²) in [5.41, 5.74) is 4.99. The molecule has 3 rings (SSSR count). The average molecular weight is 372 g/mol. The molecule has 128 valence electrons. The molecule has 2 N–H and O–H groups in total. The number of oxime groups is 1. The second kappa shape index (κ2) is 7.25. The number of thiazole rings is 1. The number of hydrogen-bond acceptors (Lipinski definition) is 5. The summed E-state index contributed by atoms with van der Waals surface area (Å²) in [7, 11) is 0. The number of hydrogen-bond donors (Lipinski definition) is 2. The van der Waals surface area contributed by atoms with Crippen LogP contribution < -0.4 is 5.32 Å². The maximum Gasteiger partial charge on any atom is 0.147 e. The molecule has 1 aromatic heterocycles. The van der Waals surface area contributed by atoms with Crippen LogP contribution >= 0.6 is 22.9 Å². The van der Waals surface area contributed by atoms with Crippen molar-refractivity contribution in [2.75, 3.05) is 5.32 Å². The lowest BCUT2D eigenvalue weighted by Gasteiger charge is -2.11. The quantitative estimate of drug-likeness (QED) is 0.351. The Hall–Kier alpha value is -2.37. The highest BCUT2D eigenvalue weighted by Gasteiger charge is 2.17. The molecule has 0 spiro atoms. The number of aryl methyl sites for hydroxylation is 3. The van der Waals surface area contributed by atoms with Crippen LogP contribution in [0.5, 0.6) is 0 Å². The highest BCUT2D eigenvalue weighted by molar-refractivity contribution is 7.14. The smallest absolute Gasteiger partial charge is 0.147 e. The molecule has 2 aromatic carbocycles. The summed E-state index contributed by atoms with van der Waals surface area (Å²) in [6, 6.07) is 13.6. The summed E-state index contributed by atoms with van der Waals surface area (Å²) in [6.45, 7) is 5.96. The van der Waals surface area contributed by atoms with Gasteiger partial charge in [-0.25, -0.2) is 4.98 Å². The second-order valence-corrected chi connectivity index (χ2v) is 7.35. The van der Waals surface area contributed by atoms with Gasteiger partial charge in [-0.1, -0.05) is 35.0 Å². The SMILES string of the molecule is Cc1ccccc1Nc1ccc(/C(=N/O)c2nc(C)c(C)s2)c(Cl)c1. The van der Waals surface area contributed by atoms with E-state index in [1.54, 1.807) is 0 Å². The minimum Gasteiger partial charge on any atom is -0.410 e. The minimum atomic E-state index is 0.383. The van der Waals surface area contributed by atoms with Crippen LogP contribution in [-0.4, -0.2) is 15.9 Å². The lowest BCUT2D eigenvalue weighted by Crippen LogP contribution is -2.04. The Bertz CT molecular complexity index is 930. The molecule has 1 heterocycles. The summed E-state index contributed by atoms with van der Waals surface area (Å²) >= 11 is 7.93. The molecule has 25 heavy (non-hydrogen) atoms. The van der Waals surface area contributed by atoms with Crippen molar-refractivity contribution in [2.24, 2.45) is 5.16 Å². The Morgan fingerprint density at radius 2 is 1.92 bits per heavy atom. The number of rotatable bonds is 4. The number of halogens is 1. The van der Waals surface area contributed by atoms with Crippen molar-refractivity contribution in [3.63, 3.8) is 0 Å². The van der Waals surface area contributed by atoms with E-state index < -0.39 is 0 Å². The zero-order chi connectivity index (χ0) is 18.0. The predicted molar refractivity (Wildman–Crippen MR) is 105 cm³/mol. The largest absolute Gasteiger partial charge is 0.410 e. The molecule has 6 heteroatoms. The van der Waals surface area contributed by atoms with Gasteiger partial charge < -0.3 is 10.5 Å². The maximum atomic E-state index is 9.48. The summed E-state index contributed by atoms with van der Waals surface area (Å²) in [4.78, 5) is 5.54. The molecule has 0 amide bonds. The third-order valence-corrected chi connectivity index (χ3v) is 5.37. The van der Waals surface area contributed by atoms with Crippen molar-refractivity contribution < 1.29 is 5.21 Å². The maximum absolute atomic E-state index is 9.48. The number of para-hydroxylation sites is 1. The van der Waals surface area contributed by atoms with E-state index in [9.17, 15) is 5.21 Å². The van der Waals surface area contributed by atoms with E-state index in [2.05, 4.69) is 15.5 Å². The van der Waals surface area contributed by atoms with Gasteiger partial charge in [-0.2, -0.15) is 0 Å². The Morgan fingerprint density at radius 1 is 1.16 bits per heavy atom. The normalized spacial score (nSPS) is 11.6. The van der Waals surface area contributed by atoms with Crippen molar-refractivity contribution >= 4 is 40.0 Å². The van der Waals surface area contributed by atoms with Crippen LogP contribution in [0.4, 0.5) is 11.4 Å². The van der Waals surface area contributed by atoms with Crippen LogP contribution in [-0.2, 0) is 0 Å². The number of nitrogens with zero attached hydrogens (tertiary/aromatic N) is 2.